The van der Waals surface area contributed by atoms with Gasteiger partial charge in [-0.25, -0.2) is 16.8 Å². The van der Waals surface area contributed by atoms with Gasteiger partial charge < -0.3 is 10.0 Å². The highest BCUT2D eigenvalue weighted by molar-refractivity contribution is 7.92. The molecule has 0 spiro atoms. The molecular weight excluding hydrogens is 557 g/mol. The molecule has 4 rings (SSSR count). The minimum atomic E-state index is -3.73. The third-order valence-electron chi connectivity index (χ3n) is 6.63. The minimum Gasteiger partial charge on any atom is -0.386 e. The van der Waals surface area contributed by atoms with Crippen LogP contribution >= 0.6 is 11.3 Å². The highest BCUT2D eigenvalue weighted by Gasteiger charge is 2.38. The molecule has 0 saturated carbocycles. The summed E-state index contributed by atoms with van der Waals surface area (Å²) in [5, 5.41) is 12.1. The first-order chi connectivity index (χ1) is 18.3. The van der Waals surface area contributed by atoms with E-state index in [0.717, 1.165) is 11.3 Å². The van der Waals surface area contributed by atoms with Gasteiger partial charge in [-0.05, 0) is 61.0 Å². The minimum absolute atomic E-state index is 0.0461. The number of rotatable bonds is 10. The topological polar surface area (TPSA) is 111 Å². The van der Waals surface area contributed by atoms with Crippen molar-refractivity contribution in [2.75, 3.05) is 41.1 Å². The second-order valence-corrected chi connectivity index (χ2v) is 15.7. The number of hydrogen-bond donors (Lipinski definition) is 1. The van der Waals surface area contributed by atoms with Crippen molar-refractivity contribution in [1.29, 1.82) is 0 Å². The lowest BCUT2D eigenvalue weighted by Crippen LogP contribution is -2.59. The van der Waals surface area contributed by atoms with Crippen molar-refractivity contribution in [1.82, 2.24) is 9.29 Å². The van der Waals surface area contributed by atoms with Crippen LogP contribution in [0.25, 0.3) is 0 Å². The largest absolute Gasteiger partial charge is 0.386 e. The van der Waals surface area contributed by atoms with Crippen LogP contribution in [0.1, 0.15) is 33.3 Å². The Labute approximate surface area is 235 Å². The maximum absolute atomic E-state index is 13.6. The zero-order valence-electron chi connectivity index (χ0n) is 22.6. The molecule has 0 unspecified atom stereocenters. The molecule has 1 saturated heterocycles. The normalized spacial score (nSPS) is 17.5. The Morgan fingerprint density at radius 2 is 1.79 bits per heavy atom. The van der Waals surface area contributed by atoms with Crippen molar-refractivity contribution in [3.63, 3.8) is 0 Å². The summed E-state index contributed by atoms with van der Waals surface area (Å²) in [6.45, 7) is 7.93. The molecule has 212 valence electrons. The zero-order valence-corrected chi connectivity index (χ0v) is 25.1. The second kappa shape index (κ2) is 11.5. The smallest absolute Gasteiger partial charge is 0.252 e. The number of anilines is 2. The van der Waals surface area contributed by atoms with Crippen LogP contribution in [0, 0.1) is 5.92 Å². The van der Waals surface area contributed by atoms with Gasteiger partial charge in [0.15, 0.2) is 0 Å². The molecule has 3 aromatic rings. The van der Waals surface area contributed by atoms with Gasteiger partial charge in [0.2, 0.25) is 10.0 Å². The Kier molecular flexibility index (Phi) is 8.72. The van der Waals surface area contributed by atoms with Crippen molar-refractivity contribution in [3.05, 3.63) is 71.9 Å². The van der Waals surface area contributed by atoms with E-state index in [1.807, 2.05) is 38.1 Å². The number of benzene rings is 1. The summed E-state index contributed by atoms with van der Waals surface area (Å²) in [6.07, 6.45) is 3.10. The van der Waals surface area contributed by atoms with Crippen LogP contribution in [0.4, 0.5) is 11.4 Å². The molecule has 39 heavy (non-hydrogen) atoms. The number of aromatic nitrogens is 1. The maximum Gasteiger partial charge on any atom is 0.252 e. The van der Waals surface area contributed by atoms with Gasteiger partial charge in [-0.2, -0.15) is 4.31 Å². The van der Waals surface area contributed by atoms with Crippen LogP contribution in [0.15, 0.2) is 70.5 Å². The summed E-state index contributed by atoms with van der Waals surface area (Å²) in [6, 6.07) is 13.7. The third kappa shape index (κ3) is 6.80. The van der Waals surface area contributed by atoms with E-state index in [4.69, 9.17) is 0 Å². The highest BCUT2D eigenvalue weighted by atomic mass is 32.2. The molecule has 1 aromatic carbocycles. The first-order valence-electron chi connectivity index (χ1n) is 12.8. The van der Waals surface area contributed by atoms with Gasteiger partial charge in [0, 0.05) is 31.5 Å². The van der Waals surface area contributed by atoms with Crippen LogP contribution in [0.5, 0.6) is 0 Å². The predicted octanol–water partition coefficient (Wildman–Crippen LogP) is 3.74. The zero-order chi connectivity index (χ0) is 28.4. The fraction of sp³-hybridized carbons (Fsp3) is 0.444. The van der Waals surface area contributed by atoms with Gasteiger partial charge in [0.1, 0.15) is 4.21 Å². The van der Waals surface area contributed by atoms with Crippen molar-refractivity contribution < 1.29 is 21.9 Å². The molecule has 3 heterocycles. The Morgan fingerprint density at radius 3 is 2.36 bits per heavy atom. The van der Waals surface area contributed by atoms with E-state index in [9.17, 15) is 21.9 Å². The van der Waals surface area contributed by atoms with Crippen LogP contribution in [-0.4, -0.2) is 69.2 Å². The average molecular weight is 593 g/mol. The quantitative estimate of drug-likeness (QED) is 0.382. The van der Waals surface area contributed by atoms with E-state index < -0.39 is 31.7 Å². The van der Waals surface area contributed by atoms with E-state index in [1.54, 1.807) is 49.7 Å². The van der Waals surface area contributed by atoms with Gasteiger partial charge in [0.05, 0.1) is 35.8 Å². The van der Waals surface area contributed by atoms with Gasteiger partial charge in [-0.3, -0.25) is 9.29 Å². The summed E-state index contributed by atoms with van der Waals surface area (Å²) >= 11 is 1.17. The predicted molar refractivity (Wildman–Crippen MR) is 156 cm³/mol. The van der Waals surface area contributed by atoms with Gasteiger partial charge in [-0.15, -0.1) is 11.3 Å². The van der Waals surface area contributed by atoms with Crippen molar-refractivity contribution in [2.24, 2.45) is 5.92 Å². The highest BCUT2D eigenvalue weighted by Crippen LogP contribution is 2.30. The number of hydrogen-bond acceptors (Lipinski definition) is 8. The molecule has 2 aromatic heterocycles. The van der Waals surface area contributed by atoms with E-state index in [-0.39, 0.29) is 35.5 Å². The Hall–Kier alpha value is -2.51. The molecular formula is C27H36N4O5S3. The summed E-state index contributed by atoms with van der Waals surface area (Å²) in [5.41, 5.74) is 1.01. The SMILES string of the molecule is CC(C)CS(=O)(=O)N(C[C@H]1CN(S(=O)(=O)c2cccs2)CCN1c1ccc(C(C)(C)O)cc1)c1cccnc1. The number of piperazine rings is 1. The first kappa shape index (κ1) is 29.5. The van der Waals surface area contributed by atoms with Gasteiger partial charge in [0.25, 0.3) is 10.0 Å². The molecule has 9 nitrogen and oxygen atoms in total. The Morgan fingerprint density at radius 1 is 1.08 bits per heavy atom. The Bertz CT molecular complexity index is 1440. The molecule has 0 amide bonds. The molecule has 0 radical (unpaired) electrons. The number of thiophene rings is 1. The van der Waals surface area contributed by atoms with Crippen molar-refractivity contribution >= 4 is 42.8 Å². The lowest BCUT2D eigenvalue weighted by molar-refractivity contribution is 0.0786. The maximum atomic E-state index is 13.6. The van der Waals surface area contributed by atoms with Crippen molar-refractivity contribution in [2.45, 2.75) is 43.5 Å². The van der Waals surface area contributed by atoms with E-state index in [2.05, 4.69) is 9.88 Å². The van der Waals surface area contributed by atoms with Gasteiger partial charge in [-0.1, -0.05) is 32.0 Å². The molecule has 1 atom stereocenters. The molecule has 1 N–H and O–H groups in total. The fourth-order valence-corrected chi connectivity index (χ4v) is 9.19. The van der Waals surface area contributed by atoms with Crippen molar-refractivity contribution in [3.8, 4) is 0 Å². The molecule has 0 aliphatic carbocycles. The standard InChI is InChI=1S/C27H36N4O5S3/c1-21(2)20-38(33,34)31(24-7-5-13-28-17-24)19-25-18-29(39(35,36)26-8-6-16-37-26)14-15-30(25)23-11-9-22(10-12-23)27(3,4)32/h5-13,16-17,21,25,32H,14-15,18-20H2,1-4H3/t25-/m1/s1. The Balaban J connectivity index is 1.73. The molecule has 0 bridgehead atoms. The lowest BCUT2D eigenvalue weighted by atomic mass is 9.98. The fourth-order valence-electron chi connectivity index (χ4n) is 4.72. The van der Waals surface area contributed by atoms with Gasteiger partial charge >= 0.3 is 0 Å². The summed E-state index contributed by atoms with van der Waals surface area (Å²) in [4.78, 5) is 6.20. The van der Waals surface area contributed by atoms with E-state index >= 15 is 0 Å². The average Bonchev–Trinajstić information content (AvgIpc) is 3.42. The van der Waals surface area contributed by atoms with Crippen LogP contribution in [0.2, 0.25) is 0 Å². The van der Waals surface area contributed by atoms with E-state index in [0.29, 0.717) is 12.2 Å². The summed E-state index contributed by atoms with van der Waals surface area (Å²) in [7, 11) is -7.46. The van der Waals surface area contributed by atoms with Crippen LogP contribution in [-0.2, 0) is 25.6 Å². The number of pyridine rings is 1. The summed E-state index contributed by atoms with van der Waals surface area (Å²) in [5.74, 6) is -0.145. The molecule has 1 aliphatic heterocycles. The molecule has 1 fully saturated rings. The van der Waals surface area contributed by atoms with Crippen LogP contribution in [0.3, 0.4) is 0 Å². The third-order valence-corrected chi connectivity index (χ3v) is 12.0. The number of aliphatic hydroxyl groups is 1. The lowest BCUT2D eigenvalue weighted by Gasteiger charge is -2.44. The second-order valence-electron chi connectivity index (χ2n) is 10.7. The summed E-state index contributed by atoms with van der Waals surface area (Å²) < 4.78 is 57.2. The first-order valence-corrected chi connectivity index (χ1v) is 16.8. The van der Waals surface area contributed by atoms with Crippen LogP contribution < -0.4 is 9.21 Å². The van der Waals surface area contributed by atoms with E-state index in [1.165, 1.54) is 26.1 Å². The molecule has 1 aliphatic rings. The number of nitrogens with zero attached hydrogens (tertiary/aromatic N) is 4. The number of sulfonamides is 2. The molecule has 12 heteroatoms. The monoisotopic (exact) mass is 592 g/mol.